The second-order valence-electron chi connectivity index (χ2n) is 21.0. The second kappa shape index (κ2) is 59.9. The molecule has 0 heterocycles. The maximum Gasteiger partial charge on any atom is 0.306 e. The van der Waals surface area contributed by atoms with E-state index < -0.39 is 6.10 Å². The highest BCUT2D eigenvalue weighted by Crippen LogP contribution is 2.16. The monoisotopic (exact) mass is 995 g/mol. The minimum atomic E-state index is -0.772. The van der Waals surface area contributed by atoms with E-state index in [0.29, 0.717) is 19.3 Å². The van der Waals surface area contributed by atoms with Gasteiger partial charge in [0.05, 0.1) is 0 Å². The normalized spacial score (nSPS) is 12.3. The Hall–Kier alpha value is -2.63. The van der Waals surface area contributed by atoms with Gasteiger partial charge in [-0.25, -0.2) is 0 Å². The first-order valence-electron chi connectivity index (χ1n) is 31.1. The molecule has 6 heteroatoms. The molecule has 0 aromatic carbocycles. The van der Waals surface area contributed by atoms with Crippen molar-refractivity contribution in [3.8, 4) is 0 Å². The first kappa shape index (κ1) is 68.4. The van der Waals surface area contributed by atoms with Gasteiger partial charge in [-0.05, 0) is 83.5 Å². The maximum absolute atomic E-state index is 12.8. The summed E-state index contributed by atoms with van der Waals surface area (Å²) >= 11 is 0. The molecule has 0 aromatic heterocycles. The van der Waals surface area contributed by atoms with Crippen molar-refractivity contribution in [1.29, 1.82) is 0 Å². The number of hydrogen-bond acceptors (Lipinski definition) is 6. The van der Waals surface area contributed by atoms with Gasteiger partial charge in [-0.3, -0.25) is 14.4 Å². The SMILES string of the molecule is CCCCCCC/C=C\C/C=C\CCCCCCCCCCCCCC(=O)OCC(COC(=O)CCCCCCCCC)OC(=O)CCCCCCCCCCCCC/C=C\C/C=C\CCCCCCC. The predicted molar refractivity (Wildman–Crippen MR) is 307 cm³/mol. The summed E-state index contributed by atoms with van der Waals surface area (Å²) in [4.78, 5) is 38.0. The Morgan fingerprint density at radius 2 is 0.507 bits per heavy atom. The van der Waals surface area contributed by atoms with Gasteiger partial charge in [-0.2, -0.15) is 0 Å². The van der Waals surface area contributed by atoms with Gasteiger partial charge in [-0.1, -0.05) is 275 Å². The Kier molecular flexibility index (Phi) is 57.7. The number of carbonyl (C=O) groups is 3. The number of hydrogen-bond donors (Lipinski definition) is 0. The molecule has 1 unspecified atom stereocenters. The molecule has 71 heavy (non-hydrogen) atoms. The molecule has 0 spiro atoms. The van der Waals surface area contributed by atoms with Gasteiger partial charge in [0.15, 0.2) is 6.10 Å². The molecule has 0 bridgehead atoms. The zero-order valence-electron chi connectivity index (χ0n) is 47.5. The molecule has 0 N–H and O–H groups in total. The Morgan fingerprint density at radius 3 is 0.775 bits per heavy atom. The number of carbonyl (C=O) groups excluding carboxylic acids is 3. The minimum absolute atomic E-state index is 0.0720. The molecule has 0 rings (SSSR count). The molecule has 0 aromatic rings. The van der Waals surface area contributed by atoms with Gasteiger partial charge in [0.2, 0.25) is 0 Å². The molecule has 0 radical (unpaired) electrons. The molecule has 414 valence electrons. The van der Waals surface area contributed by atoms with Crippen LogP contribution in [0.3, 0.4) is 0 Å². The van der Waals surface area contributed by atoms with Gasteiger partial charge in [0.1, 0.15) is 13.2 Å². The highest BCUT2D eigenvalue weighted by atomic mass is 16.6. The summed E-state index contributed by atoms with van der Waals surface area (Å²) in [7, 11) is 0. The number of ether oxygens (including phenoxy) is 3. The highest BCUT2D eigenvalue weighted by molar-refractivity contribution is 5.71. The Balaban J connectivity index is 4.14. The van der Waals surface area contributed by atoms with Crippen LogP contribution in [0.2, 0.25) is 0 Å². The van der Waals surface area contributed by atoms with Crippen molar-refractivity contribution in [1.82, 2.24) is 0 Å². The maximum atomic E-state index is 12.8. The highest BCUT2D eigenvalue weighted by Gasteiger charge is 2.19. The van der Waals surface area contributed by atoms with E-state index in [4.69, 9.17) is 14.2 Å². The molecule has 0 fully saturated rings. The summed E-state index contributed by atoms with van der Waals surface area (Å²) in [5, 5.41) is 0. The van der Waals surface area contributed by atoms with E-state index in [9.17, 15) is 14.4 Å². The number of esters is 3. The van der Waals surface area contributed by atoms with Crippen LogP contribution in [0, 0.1) is 0 Å². The lowest BCUT2D eigenvalue weighted by atomic mass is 10.0. The quantitative estimate of drug-likeness (QED) is 0.0261. The zero-order chi connectivity index (χ0) is 51.4. The molecular formula is C65H118O6. The largest absolute Gasteiger partial charge is 0.462 e. The second-order valence-corrected chi connectivity index (χ2v) is 21.0. The Labute approximate surface area is 441 Å². The summed E-state index contributed by atoms with van der Waals surface area (Å²) in [6.45, 7) is 6.61. The fourth-order valence-corrected chi connectivity index (χ4v) is 9.09. The fourth-order valence-electron chi connectivity index (χ4n) is 9.09. The summed E-state index contributed by atoms with van der Waals surface area (Å²) in [6.07, 6.45) is 74.2. The van der Waals surface area contributed by atoms with E-state index in [0.717, 1.165) is 70.6 Å². The molecule has 0 aliphatic rings. The van der Waals surface area contributed by atoms with Crippen molar-refractivity contribution in [2.45, 2.75) is 335 Å². The first-order chi connectivity index (χ1) is 35.0. The summed E-state index contributed by atoms with van der Waals surface area (Å²) in [5.74, 6) is -0.867. The molecule has 6 nitrogen and oxygen atoms in total. The van der Waals surface area contributed by atoms with Crippen LogP contribution in [0.15, 0.2) is 48.6 Å². The average Bonchev–Trinajstić information content (AvgIpc) is 3.37. The predicted octanol–water partition coefficient (Wildman–Crippen LogP) is 21.0. The van der Waals surface area contributed by atoms with Crippen LogP contribution in [0.4, 0.5) is 0 Å². The van der Waals surface area contributed by atoms with Crippen molar-refractivity contribution < 1.29 is 28.6 Å². The van der Waals surface area contributed by atoms with Crippen LogP contribution in [0.5, 0.6) is 0 Å². The fraction of sp³-hybridized carbons (Fsp3) is 0.831. The van der Waals surface area contributed by atoms with E-state index in [1.807, 2.05) is 0 Å². The molecule has 0 aliphatic carbocycles. The van der Waals surface area contributed by atoms with E-state index in [1.54, 1.807) is 0 Å². The van der Waals surface area contributed by atoms with Crippen molar-refractivity contribution in [2.24, 2.45) is 0 Å². The van der Waals surface area contributed by atoms with Gasteiger partial charge in [0, 0.05) is 19.3 Å². The topological polar surface area (TPSA) is 78.9 Å². The number of allylic oxidation sites excluding steroid dienone is 8. The zero-order valence-corrected chi connectivity index (χ0v) is 47.5. The standard InChI is InChI=1S/C65H118O6/c1-4-7-10-13-16-18-20-22-24-26-28-30-32-34-36-38-40-42-44-46-49-52-55-58-64(67)70-61-62(60-69-63(66)57-54-51-48-15-12-9-6-3)71-65(68)59-56-53-50-47-45-43-41-39-37-35-33-31-29-27-25-23-21-19-17-14-11-8-5-2/h20-23,26-29,62H,4-19,24-25,30-61H2,1-3H3/b22-20-,23-21-,28-26-,29-27-. The molecule has 0 saturated carbocycles. The lowest BCUT2D eigenvalue weighted by molar-refractivity contribution is -0.167. The van der Waals surface area contributed by atoms with Crippen LogP contribution >= 0.6 is 0 Å². The third-order valence-electron chi connectivity index (χ3n) is 13.8. The van der Waals surface area contributed by atoms with E-state index >= 15 is 0 Å². The van der Waals surface area contributed by atoms with Crippen LogP contribution in [0.1, 0.15) is 329 Å². The molecule has 1 atom stereocenters. The minimum Gasteiger partial charge on any atom is -0.462 e. The molecular weight excluding hydrogens is 877 g/mol. The average molecular weight is 996 g/mol. The first-order valence-corrected chi connectivity index (χ1v) is 31.1. The summed E-state index contributed by atoms with van der Waals surface area (Å²) in [6, 6.07) is 0. The van der Waals surface area contributed by atoms with Crippen molar-refractivity contribution >= 4 is 17.9 Å². The number of rotatable bonds is 57. The third-order valence-corrected chi connectivity index (χ3v) is 13.8. The van der Waals surface area contributed by atoms with Crippen molar-refractivity contribution in [2.75, 3.05) is 13.2 Å². The van der Waals surface area contributed by atoms with E-state index in [-0.39, 0.29) is 31.1 Å². The Morgan fingerprint density at radius 1 is 0.282 bits per heavy atom. The lowest BCUT2D eigenvalue weighted by Crippen LogP contribution is -2.30. The van der Waals surface area contributed by atoms with Gasteiger partial charge in [0.25, 0.3) is 0 Å². The summed E-state index contributed by atoms with van der Waals surface area (Å²) in [5.41, 5.74) is 0. The molecule has 0 saturated heterocycles. The van der Waals surface area contributed by atoms with Crippen molar-refractivity contribution in [3.05, 3.63) is 48.6 Å². The number of unbranched alkanes of at least 4 members (excludes halogenated alkanes) is 38. The molecule has 0 amide bonds. The summed E-state index contributed by atoms with van der Waals surface area (Å²) < 4.78 is 16.8. The van der Waals surface area contributed by atoms with Gasteiger partial charge in [-0.15, -0.1) is 0 Å². The van der Waals surface area contributed by atoms with E-state index in [1.165, 1.54) is 218 Å². The van der Waals surface area contributed by atoms with E-state index in [2.05, 4.69) is 69.4 Å². The Bertz CT molecular complexity index is 1230. The van der Waals surface area contributed by atoms with Crippen LogP contribution in [-0.2, 0) is 28.6 Å². The van der Waals surface area contributed by atoms with Crippen molar-refractivity contribution in [3.63, 3.8) is 0 Å². The molecule has 0 aliphatic heterocycles. The van der Waals surface area contributed by atoms with Gasteiger partial charge >= 0.3 is 17.9 Å². The lowest BCUT2D eigenvalue weighted by Gasteiger charge is -2.18. The van der Waals surface area contributed by atoms with Crippen LogP contribution in [0.25, 0.3) is 0 Å². The smallest absolute Gasteiger partial charge is 0.306 e. The van der Waals surface area contributed by atoms with Crippen LogP contribution < -0.4 is 0 Å². The van der Waals surface area contributed by atoms with Gasteiger partial charge < -0.3 is 14.2 Å². The van der Waals surface area contributed by atoms with Crippen LogP contribution in [-0.4, -0.2) is 37.2 Å². The third kappa shape index (κ3) is 58.1.